The second-order valence-corrected chi connectivity index (χ2v) is 10.4. The first-order valence-corrected chi connectivity index (χ1v) is 13.5. The Labute approximate surface area is 243 Å². The van der Waals surface area contributed by atoms with Crippen molar-refractivity contribution in [2.45, 2.75) is 77.5 Å². The maximum atomic E-state index is 14.0. The number of benzene rings is 1. The highest BCUT2D eigenvalue weighted by molar-refractivity contribution is 6.05. The van der Waals surface area contributed by atoms with E-state index < -0.39 is 70.5 Å². The van der Waals surface area contributed by atoms with Gasteiger partial charge >= 0.3 is 5.97 Å². The lowest BCUT2D eigenvalue weighted by atomic mass is 9.99. The summed E-state index contributed by atoms with van der Waals surface area (Å²) in [6.45, 7) is 6.48. The van der Waals surface area contributed by atoms with Crippen LogP contribution in [0.15, 0.2) is 24.3 Å². The van der Waals surface area contributed by atoms with Gasteiger partial charge in [0.05, 0.1) is 18.5 Å². The summed E-state index contributed by atoms with van der Waals surface area (Å²) >= 11 is 0. The van der Waals surface area contributed by atoms with Crippen LogP contribution < -0.4 is 21.3 Å². The minimum absolute atomic E-state index is 0.153. The van der Waals surface area contributed by atoms with Crippen LogP contribution in [-0.2, 0) is 33.5 Å². The Morgan fingerprint density at radius 2 is 1.67 bits per heavy atom. The van der Waals surface area contributed by atoms with E-state index in [0.29, 0.717) is 6.42 Å². The Balaban J connectivity index is 2.21. The number of anilines is 1. The van der Waals surface area contributed by atoms with Gasteiger partial charge in [0, 0.05) is 30.8 Å². The van der Waals surface area contributed by atoms with Crippen LogP contribution in [-0.4, -0.2) is 83.2 Å². The zero-order chi connectivity index (χ0) is 31.7. The Hall–Kier alpha value is -4.56. The van der Waals surface area contributed by atoms with E-state index in [1.807, 2.05) is 0 Å². The molecule has 0 saturated carbocycles. The van der Waals surface area contributed by atoms with Gasteiger partial charge in [-0.15, -0.1) is 0 Å². The summed E-state index contributed by atoms with van der Waals surface area (Å²) in [5.41, 5.74) is 5.67. The number of nitrogens with one attached hydrogen (secondary N) is 2. The number of nitrogens with zero attached hydrogens (tertiary/aromatic N) is 3. The number of carbonyl (C=O) groups is 6. The molecular formula is C27H38N6O9. The van der Waals surface area contributed by atoms with Crippen molar-refractivity contribution in [2.75, 3.05) is 18.6 Å². The van der Waals surface area contributed by atoms with Gasteiger partial charge < -0.3 is 26.0 Å². The van der Waals surface area contributed by atoms with Crippen molar-refractivity contribution in [1.82, 2.24) is 15.5 Å². The lowest BCUT2D eigenvalue weighted by molar-refractivity contribution is -0.384. The molecule has 2 rings (SSSR count). The number of nitro groups is 1. The number of hydrogen-bond acceptors (Lipinski definition) is 9. The van der Waals surface area contributed by atoms with Crippen molar-refractivity contribution >= 4 is 46.9 Å². The van der Waals surface area contributed by atoms with Gasteiger partial charge in [-0.1, -0.05) is 13.8 Å². The average Bonchev–Trinajstić information content (AvgIpc) is 3.43. The lowest BCUT2D eigenvalue weighted by Crippen LogP contribution is -2.59. The van der Waals surface area contributed by atoms with Gasteiger partial charge in [-0.3, -0.25) is 43.8 Å². The largest absolute Gasteiger partial charge is 0.469 e. The van der Waals surface area contributed by atoms with Crippen molar-refractivity contribution in [1.29, 1.82) is 0 Å². The van der Waals surface area contributed by atoms with Gasteiger partial charge in [0.25, 0.3) is 11.6 Å². The molecule has 230 valence electrons. The molecule has 1 saturated heterocycles. The van der Waals surface area contributed by atoms with Crippen LogP contribution in [0, 0.1) is 16.0 Å². The van der Waals surface area contributed by atoms with Crippen LogP contribution in [0.2, 0.25) is 0 Å². The predicted octanol–water partition coefficient (Wildman–Crippen LogP) is 0.391. The lowest BCUT2D eigenvalue weighted by Gasteiger charge is -2.36. The number of non-ortho nitro benzene ring substituents is 1. The van der Waals surface area contributed by atoms with E-state index in [1.54, 1.807) is 13.8 Å². The third-order valence-corrected chi connectivity index (χ3v) is 6.88. The number of ether oxygens (including phenoxy) is 1. The van der Waals surface area contributed by atoms with E-state index in [-0.39, 0.29) is 37.2 Å². The molecule has 5 amide bonds. The summed E-state index contributed by atoms with van der Waals surface area (Å²) in [6.07, 6.45) is 0.433. The topological polar surface area (TPSA) is 211 Å². The number of nitrogens with two attached hydrogens (primary N) is 1. The second kappa shape index (κ2) is 14.9. The summed E-state index contributed by atoms with van der Waals surface area (Å²) in [5, 5.41) is 16.1. The second-order valence-electron chi connectivity index (χ2n) is 10.4. The van der Waals surface area contributed by atoms with Crippen LogP contribution in [0.1, 0.15) is 53.4 Å². The SMILES string of the molecule is COC(=O)CCC(=O)N[C@@H](C)C(=O)N[C@@H](C)C(=O)N1CCC[C@H]1C(=O)N(c1ccc([N+](=O)[O-])cc1)[C@H](C(N)=O)C(C)C. The normalized spacial score (nSPS) is 16.6. The Bertz CT molecular complexity index is 1200. The van der Waals surface area contributed by atoms with Gasteiger partial charge in [-0.25, -0.2) is 0 Å². The standard InChI is InChI=1S/C27H38N6O9/c1-15(2)23(24(28)36)32(18-8-10-19(11-9-18)33(40)41)27(39)20-7-6-14-31(20)26(38)17(4)30-25(37)16(3)29-21(34)12-13-22(35)42-5/h8-11,15-17,20,23H,6-7,12-14H2,1-5H3,(H2,28,36)(H,29,34)(H,30,37)/t16-,17-,20-,23-/m0/s1. The Morgan fingerprint density at radius 1 is 1.05 bits per heavy atom. The Kier molecular flexibility index (Phi) is 11.9. The summed E-state index contributed by atoms with van der Waals surface area (Å²) in [6, 6.07) is 0.946. The van der Waals surface area contributed by atoms with Crippen molar-refractivity contribution in [3.05, 3.63) is 34.4 Å². The van der Waals surface area contributed by atoms with Crippen LogP contribution >= 0.6 is 0 Å². The molecule has 0 aliphatic carbocycles. The number of carbonyl (C=O) groups excluding carboxylic acids is 6. The molecule has 42 heavy (non-hydrogen) atoms. The molecule has 0 spiro atoms. The van der Waals surface area contributed by atoms with Crippen molar-refractivity contribution in [3.63, 3.8) is 0 Å². The molecule has 1 heterocycles. The number of likely N-dealkylation sites (tertiary alicyclic amines) is 1. The number of primary amides is 1. The fraction of sp³-hybridized carbons (Fsp3) is 0.556. The van der Waals surface area contributed by atoms with Crippen molar-refractivity contribution in [2.24, 2.45) is 11.7 Å². The predicted molar refractivity (Wildman–Crippen MR) is 150 cm³/mol. The highest BCUT2D eigenvalue weighted by atomic mass is 16.6. The highest BCUT2D eigenvalue weighted by Crippen LogP contribution is 2.29. The van der Waals surface area contributed by atoms with Gasteiger partial charge in [-0.05, 0) is 44.7 Å². The van der Waals surface area contributed by atoms with E-state index in [4.69, 9.17) is 5.73 Å². The first-order chi connectivity index (χ1) is 19.7. The molecule has 1 aliphatic rings. The smallest absolute Gasteiger partial charge is 0.306 e. The molecule has 15 heteroatoms. The number of methoxy groups -OCH3 is 1. The molecule has 0 unspecified atom stereocenters. The fourth-order valence-corrected chi connectivity index (χ4v) is 4.71. The molecule has 0 radical (unpaired) electrons. The quantitative estimate of drug-likeness (QED) is 0.164. The third-order valence-electron chi connectivity index (χ3n) is 6.88. The molecule has 1 fully saturated rings. The van der Waals surface area contributed by atoms with Crippen LogP contribution in [0.3, 0.4) is 0 Å². The number of amides is 5. The first-order valence-electron chi connectivity index (χ1n) is 13.5. The number of esters is 1. The molecule has 4 N–H and O–H groups in total. The zero-order valence-electron chi connectivity index (χ0n) is 24.3. The molecule has 15 nitrogen and oxygen atoms in total. The van der Waals surface area contributed by atoms with Gasteiger partial charge in [0.15, 0.2) is 0 Å². The Morgan fingerprint density at radius 3 is 2.19 bits per heavy atom. The first kappa shape index (κ1) is 33.6. The van der Waals surface area contributed by atoms with E-state index in [2.05, 4.69) is 15.4 Å². The summed E-state index contributed by atoms with van der Waals surface area (Å²) in [4.78, 5) is 88.8. The maximum absolute atomic E-state index is 14.0. The van der Waals surface area contributed by atoms with E-state index in [1.165, 1.54) is 55.0 Å². The molecule has 0 bridgehead atoms. The van der Waals surface area contributed by atoms with Crippen LogP contribution in [0.5, 0.6) is 0 Å². The summed E-state index contributed by atoms with van der Waals surface area (Å²) in [5.74, 6) is -4.10. The van der Waals surface area contributed by atoms with Gasteiger partial charge in [0.1, 0.15) is 24.2 Å². The minimum Gasteiger partial charge on any atom is -0.469 e. The molecule has 1 aliphatic heterocycles. The molecule has 1 aromatic carbocycles. The van der Waals surface area contributed by atoms with E-state index >= 15 is 0 Å². The fourth-order valence-electron chi connectivity index (χ4n) is 4.71. The van der Waals surface area contributed by atoms with Crippen molar-refractivity contribution in [3.8, 4) is 0 Å². The summed E-state index contributed by atoms with van der Waals surface area (Å²) < 4.78 is 4.48. The average molecular weight is 591 g/mol. The minimum atomic E-state index is -1.10. The number of nitro benzene ring substituents is 1. The molecule has 1 aromatic rings. The number of hydrogen-bond donors (Lipinski definition) is 3. The molecule has 4 atom stereocenters. The zero-order valence-corrected chi connectivity index (χ0v) is 24.3. The van der Waals surface area contributed by atoms with E-state index in [9.17, 15) is 38.9 Å². The number of rotatable bonds is 13. The maximum Gasteiger partial charge on any atom is 0.306 e. The highest BCUT2D eigenvalue weighted by Gasteiger charge is 2.42. The van der Waals surface area contributed by atoms with Crippen LogP contribution in [0.4, 0.5) is 11.4 Å². The third kappa shape index (κ3) is 8.47. The van der Waals surface area contributed by atoms with Crippen LogP contribution in [0.25, 0.3) is 0 Å². The van der Waals surface area contributed by atoms with Gasteiger partial charge in [-0.2, -0.15) is 0 Å². The molecule has 0 aromatic heterocycles. The van der Waals surface area contributed by atoms with Crippen molar-refractivity contribution < 1.29 is 38.4 Å². The molecular weight excluding hydrogens is 552 g/mol. The van der Waals surface area contributed by atoms with Gasteiger partial charge in [0.2, 0.25) is 23.6 Å². The monoisotopic (exact) mass is 590 g/mol. The van der Waals surface area contributed by atoms with E-state index in [0.717, 1.165) is 0 Å². The summed E-state index contributed by atoms with van der Waals surface area (Å²) in [7, 11) is 1.20.